The molecule has 14 heavy (non-hydrogen) atoms. The van der Waals surface area contributed by atoms with Gasteiger partial charge in [-0.3, -0.25) is 4.18 Å². The Morgan fingerprint density at radius 2 is 1.86 bits per heavy atom. The van der Waals surface area contributed by atoms with Crippen molar-refractivity contribution in [3.8, 4) is 0 Å². The van der Waals surface area contributed by atoms with Crippen molar-refractivity contribution in [3.63, 3.8) is 0 Å². The Bertz CT molecular complexity index is 296. The van der Waals surface area contributed by atoms with Gasteiger partial charge in [0.1, 0.15) is 0 Å². The summed E-state index contributed by atoms with van der Waals surface area (Å²) in [5, 5.41) is 0. The van der Waals surface area contributed by atoms with Gasteiger partial charge in [0.25, 0.3) is 0 Å². The van der Waals surface area contributed by atoms with Gasteiger partial charge in [0.2, 0.25) is 0 Å². The van der Waals surface area contributed by atoms with E-state index >= 15 is 0 Å². The van der Waals surface area contributed by atoms with Gasteiger partial charge in [-0.05, 0) is 25.7 Å². The zero-order valence-electron chi connectivity index (χ0n) is 7.25. The number of alkyl halides is 3. The Kier molecular flexibility index (Phi) is 3.10. The maximum atomic E-state index is 11.9. The molecule has 0 saturated heterocycles. The highest BCUT2D eigenvalue weighted by Gasteiger charge is 2.49. The fourth-order valence-electron chi connectivity index (χ4n) is 1.35. The summed E-state index contributed by atoms with van der Waals surface area (Å²) in [7, 11) is -5.45. The number of hydrogen-bond acceptors (Lipinski definition) is 3. The standard InChI is InChI=1S/C7H10F3O3S/c1-5-3-2-4-6(5)13-14(11,12)7(8,9)10/h5-6H,1-4H2. The second-order valence-electron chi connectivity index (χ2n) is 3.23. The van der Waals surface area contributed by atoms with Crippen molar-refractivity contribution in [1.29, 1.82) is 0 Å². The fourth-order valence-corrected chi connectivity index (χ4v) is 2.03. The topological polar surface area (TPSA) is 43.4 Å². The molecule has 0 amide bonds. The van der Waals surface area contributed by atoms with Crippen molar-refractivity contribution in [2.45, 2.75) is 30.9 Å². The summed E-state index contributed by atoms with van der Waals surface area (Å²) in [5.74, 6) is -0.382. The molecule has 1 rings (SSSR count). The summed E-state index contributed by atoms with van der Waals surface area (Å²) in [6.45, 7) is 3.53. The minimum atomic E-state index is -5.45. The molecule has 1 radical (unpaired) electrons. The number of halogens is 3. The first-order valence-electron chi connectivity index (χ1n) is 4.06. The predicted octanol–water partition coefficient (Wildman–Crippen LogP) is 1.86. The van der Waals surface area contributed by atoms with Crippen LogP contribution in [0.2, 0.25) is 0 Å². The van der Waals surface area contributed by atoms with Gasteiger partial charge in [-0.25, -0.2) is 0 Å². The summed E-state index contributed by atoms with van der Waals surface area (Å²) >= 11 is 0. The molecule has 0 heterocycles. The Morgan fingerprint density at radius 1 is 1.29 bits per heavy atom. The highest BCUT2D eigenvalue weighted by Crippen LogP contribution is 2.33. The Hall–Kier alpha value is -0.300. The molecule has 0 aliphatic heterocycles. The van der Waals surface area contributed by atoms with Crippen molar-refractivity contribution in [3.05, 3.63) is 6.92 Å². The van der Waals surface area contributed by atoms with Crippen molar-refractivity contribution >= 4 is 10.1 Å². The largest absolute Gasteiger partial charge is 0.523 e. The molecule has 0 aromatic rings. The van der Waals surface area contributed by atoms with Crippen LogP contribution in [-0.4, -0.2) is 20.0 Å². The van der Waals surface area contributed by atoms with Crippen LogP contribution >= 0.6 is 0 Å². The normalized spacial score (nSPS) is 29.4. The van der Waals surface area contributed by atoms with E-state index < -0.39 is 21.7 Å². The maximum Gasteiger partial charge on any atom is 0.523 e. The Balaban J connectivity index is 2.69. The van der Waals surface area contributed by atoms with Crippen LogP contribution in [0.3, 0.4) is 0 Å². The van der Waals surface area contributed by atoms with E-state index in [1.165, 1.54) is 0 Å². The van der Waals surface area contributed by atoms with E-state index in [1.54, 1.807) is 0 Å². The zero-order chi connectivity index (χ0) is 11.0. The summed E-state index contributed by atoms with van der Waals surface area (Å²) in [6, 6.07) is 0. The average molecular weight is 231 g/mol. The fraction of sp³-hybridized carbons (Fsp3) is 0.857. The van der Waals surface area contributed by atoms with Crippen LogP contribution < -0.4 is 0 Å². The molecule has 7 heteroatoms. The molecule has 1 saturated carbocycles. The molecule has 1 fully saturated rings. The molecule has 0 aromatic heterocycles. The van der Waals surface area contributed by atoms with Crippen molar-refractivity contribution in [2.75, 3.05) is 0 Å². The van der Waals surface area contributed by atoms with Crippen LogP contribution in [0.5, 0.6) is 0 Å². The van der Waals surface area contributed by atoms with Crippen molar-refractivity contribution < 1.29 is 25.8 Å². The average Bonchev–Trinajstić information content (AvgIpc) is 2.33. The van der Waals surface area contributed by atoms with Gasteiger partial charge in [0.15, 0.2) is 0 Å². The lowest BCUT2D eigenvalue weighted by molar-refractivity contribution is -0.0580. The summed E-state index contributed by atoms with van der Waals surface area (Å²) in [4.78, 5) is 0. The molecule has 0 spiro atoms. The minimum absolute atomic E-state index is 0.309. The third-order valence-corrected chi connectivity index (χ3v) is 3.19. The van der Waals surface area contributed by atoms with Crippen LogP contribution in [0.4, 0.5) is 13.2 Å². The molecule has 0 bridgehead atoms. The lowest BCUT2D eigenvalue weighted by atomic mass is 10.1. The molecule has 1 aliphatic carbocycles. The van der Waals surface area contributed by atoms with Gasteiger partial charge in [-0.1, -0.05) is 6.42 Å². The monoisotopic (exact) mass is 231 g/mol. The molecule has 0 N–H and O–H groups in total. The first-order chi connectivity index (χ1) is 6.24. The predicted molar refractivity (Wildman–Crippen MR) is 42.5 cm³/mol. The van der Waals surface area contributed by atoms with Crippen LogP contribution in [0.25, 0.3) is 0 Å². The van der Waals surface area contributed by atoms with Crippen LogP contribution in [0.15, 0.2) is 0 Å². The summed E-state index contributed by atoms with van der Waals surface area (Å²) < 4.78 is 60.9. The van der Waals surface area contributed by atoms with E-state index in [-0.39, 0.29) is 5.92 Å². The quantitative estimate of drug-likeness (QED) is 0.538. The lowest BCUT2D eigenvalue weighted by Crippen LogP contribution is -2.31. The first-order valence-corrected chi connectivity index (χ1v) is 5.47. The van der Waals surface area contributed by atoms with E-state index in [1.807, 2.05) is 0 Å². The van der Waals surface area contributed by atoms with Crippen LogP contribution in [0, 0.1) is 12.8 Å². The smallest absolute Gasteiger partial charge is 0.260 e. The highest BCUT2D eigenvalue weighted by molar-refractivity contribution is 7.87. The van der Waals surface area contributed by atoms with E-state index in [0.29, 0.717) is 19.3 Å². The molecule has 83 valence electrons. The van der Waals surface area contributed by atoms with Crippen molar-refractivity contribution in [2.24, 2.45) is 5.92 Å². The van der Waals surface area contributed by atoms with Crippen molar-refractivity contribution in [1.82, 2.24) is 0 Å². The highest BCUT2D eigenvalue weighted by atomic mass is 32.2. The van der Waals surface area contributed by atoms with Gasteiger partial charge in [-0.15, -0.1) is 0 Å². The molecule has 2 atom stereocenters. The third kappa shape index (κ3) is 2.38. The second-order valence-corrected chi connectivity index (χ2v) is 4.79. The van der Waals surface area contributed by atoms with Crippen LogP contribution in [0.1, 0.15) is 19.3 Å². The molecule has 1 aliphatic rings. The minimum Gasteiger partial charge on any atom is -0.260 e. The second kappa shape index (κ2) is 3.69. The lowest BCUT2D eigenvalue weighted by Gasteiger charge is -2.16. The van der Waals surface area contributed by atoms with Gasteiger partial charge in [0, 0.05) is 0 Å². The van der Waals surface area contributed by atoms with Gasteiger partial charge >= 0.3 is 15.6 Å². The van der Waals surface area contributed by atoms with E-state index in [9.17, 15) is 21.6 Å². The zero-order valence-corrected chi connectivity index (χ0v) is 8.07. The number of hydrogen-bond donors (Lipinski definition) is 0. The number of rotatable bonds is 2. The molecular weight excluding hydrogens is 221 g/mol. The molecule has 3 nitrogen and oxygen atoms in total. The maximum absolute atomic E-state index is 11.9. The summed E-state index contributed by atoms with van der Waals surface area (Å²) in [6.07, 6.45) is 0.620. The Labute approximate surface area is 80.4 Å². The van der Waals surface area contributed by atoms with E-state index in [0.717, 1.165) is 0 Å². The van der Waals surface area contributed by atoms with Crippen LogP contribution in [-0.2, 0) is 14.3 Å². The molecular formula is C7H10F3O3S. The van der Waals surface area contributed by atoms with E-state index in [4.69, 9.17) is 0 Å². The SMILES string of the molecule is [CH2]C1CCCC1OS(=O)(=O)C(F)(F)F. The first kappa shape index (κ1) is 11.8. The van der Waals surface area contributed by atoms with Gasteiger partial charge < -0.3 is 0 Å². The third-order valence-electron chi connectivity index (χ3n) is 2.12. The van der Waals surface area contributed by atoms with Gasteiger partial charge in [0.05, 0.1) is 6.10 Å². The molecule has 2 unspecified atom stereocenters. The molecule has 0 aromatic carbocycles. The van der Waals surface area contributed by atoms with E-state index in [2.05, 4.69) is 11.1 Å². The van der Waals surface area contributed by atoms with Gasteiger partial charge in [-0.2, -0.15) is 21.6 Å². The summed E-state index contributed by atoms with van der Waals surface area (Å²) in [5.41, 5.74) is -5.34. The Morgan fingerprint density at radius 3 is 2.21 bits per heavy atom.